The van der Waals surface area contributed by atoms with Crippen molar-refractivity contribution in [2.75, 3.05) is 26.2 Å². The van der Waals surface area contributed by atoms with E-state index in [-0.39, 0.29) is 5.78 Å². The SMILES string of the molecule is CCN(CC(=O)c1cccc(C)c1)C1CCNCC1. The summed E-state index contributed by atoms with van der Waals surface area (Å²) in [5, 5.41) is 3.37. The van der Waals surface area contributed by atoms with Crippen LogP contribution in [0.25, 0.3) is 0 Å². The first kappa shape index (κ1) is 14.2. The lowest BCUT2D eigenvalue weighted by molar-refractivity contribution is 0.0874. The van der Waals surface area contributed by atoms with Gasteiger partial charge < -0.3 is 5.32 Å². The second-order valence-electron chi connectivity index (χ2n) is 5.34. The maximum absolute atomic E-state index is 12.4. The van der Waals surface area contributed by atoms with Crippen molar-refractivity contribution in [2.24, 2.45) is 0 Å². The van der Waals surface area contributed by atoms with E-state index in [1.54, 1.807) is 0 Å². The summed E-state index contributed by atoms with van der Waals surface area (Å²) in [6, 6.07) is 8.45. The van der Waals surface area contributed by atoms with Crippen molar-refractivity contribution in [1.29, 1.82) is 0 Å². The molecule has 0 aromatic heterocycles. The highest BCUT2D eigenvalue weighted by Gasteiger charge is 2.21. The molecule has 1 aromatic carbocycles. The first-order valence-corrected chi connectivity index (χ1v) is 7.25. The number of nitrogens with one attached hydrogen (secondary N) is 1. The van der Waals surface area contributed by atoms with Crippen LogP contribution in [0.5, 0.6) is 0 Å². The molecule has 1 heterocycles. The number of nitrogens with zero attached hydrogens (tertiary/aromatic N) is 1. The van der Waals surface area contributed by atoms with E-state index in [1.165, 1.54) is 0 Å². The Morgan fingerprint density at radius 1 is 1.37 bits per heavy atom. The van der Waals surface area contributed by atoms with Crippen LogP contribution in [0.2, 0.25) is 0 Å². The third-order valence-corrected chi connectivity index (χ3v) is 3.92. The molecule has 1 aliphatic rings. The number of piperidine rings is 1. The fourth-order valence-corrected chi connectivity index (χ4v) is 2.77. The van der Waals surface area contributed by atoms with Crippen LogP contribution in [0, 0.1) is 6.92 Å². The molecule has 0 atom stereocenters. The molecule has 3 heteroatoms. The Morgan fingerprint density at radius 3 is 2.74 bits per heavy atom. The number of rotatable bonds is 5. The lowest BCUT2D eigenvalue weighted by Crippen LogP contribution is -2.45. The zero-order chi connectivity index (χ0) is 13.7. The predicted octanol–water partition coefficient (Wildman–Crippen LogP) is 2.25. The minimum Gasteiger partial charge on any atom is -0.317 e. The van der Waals surface area contributed by atoms with Gasteiger partial charge in [-0.3, -0.25) is 9.69 Å². The van der Waals surface area contributed by atoms with Crippen LogP contribution < -0.4 is 5.32 Å². The van der Waals surface area contributed by atoms with Gasteiger partial charge in [0, 0.05) is 11.6 Å². The Labute approximate surface area is 116 Å². The largest absolute Gasteiger partial charge is 0.317 e. The molecular weight excluding hydrogens is 236 g/mol. The number of benzene rings is 1. The van der Waals surface area contributed by atoms with E-state index >= 15 is 0 Å². The summed E-state index contributed by atoms with van der Waals surface area (Å²) in [5.74, 6) is 0.240. The van der Waals surface area contributed by atoms with Crippen molar-refractivity contribution in [1.82, 2.24) is 10.2 Å². The molecule has 3 nitrogen and oxygen atoms in total. The van der Waals surface area contributed by atoms with Gasteiger partial charge in [0.25, 0.3) is 0 Å². The molecule has 0 aliphatic carbocycles. The summed E-state index contributed by atoms with van der Waals surface area (Å²) in [6.45, 7) is 7.80. The van der Waals surface area contributed by atoms with Gasteiger partial charge in [0.1, 0.15) is 0 Å². The Balaban J connectivity index is 1.99. The summed E-state index contributed by atoms with van der Waals surface area (Å²) >= 11 is 0. The summed E-state index contributed by atoms with van der Waals surface area (Å²) in [5.41, 5.74) is 1.99. The van der Waals surface area contributed by atoms with E-state index in [4.69, 9.17) is 0 Å². The number of hydrogen-bond acceptors (Lipinski definition) is 3. The topological polar surface area (TPSA) is 32.3 Å². The third-order valence-electron chi connectivity index (χ3n) is 3.92. The quantitative estimate of drug-likeness (QED) is 0.824. The van der Waals surface area contributed by atoms with E-state index in [1.807, 2.05) is 31.2 Å². The Morgan fingerprint density at radius 2 is 2.11 bits per heavy atom. The molecule has 0 radical (unpaired) electrons. The normalized spacial score (nSPS) is 16.8. The Kier molecular flexibility index (Phi) is 5.11. The minimum atomic E-state index is 0.240. The number of carbonyl (C=O) groups excluding carboxylic acids is 1. The molecule has 1 saturated heterocycles. The van der Waals surface area contributed by atoms with Crippen LogP contribution in [0.1, 0.15) is 35.7 Å². The van der Waals surface area contributed by atoms with E-state index in [0.717, 1.165) is 43.6 Å². The average molecular weight is 260 g/mol. The molecule has 19 heavy (non-hydrogen) atoms. The molecular formula is C16H24N2O. The molecule has 0 bridgehead atoms. The summed E-state index contributed by atoms with van der Waals surface area (Å²) in [4.78, 5) is 14.7. The lowest BCUT2D eigenvalue weighted by atomic mass is 10.0. The van der Waals surface area contributed by atoms with Crippen LogP contribution in [0.15, 0.2) is 24.3 Å². The molecule has 1 fully saturated rings. The molecule has 0 amide bonds. The average Bonchev–Trinajstić information content (AvgIpc) is 2.45. The van der Waals surface area contributed by atoms with Crippen molar-refractivity contribution in [3.05, 3.63) is 35.4 Å². The van der Waals surface area contributed by atoms with Gasteiger partial charge in [0.05, 0.1) is 6.54 Å². The number of ketones is 1. The fourth-order valence-electron chi connectivity index (χ4n) is 2.77. The molecule has 1 N–H and O–H groups in total. The van der Waals surface area contributed by atoms with Crippen LogP contribution in [-0.2, 0) is 0 Å². The highest BCUT2D eigenvalue weighted by Crippen LogP contribution is 2.13. The predicted molar refractivity (Wildman–Crippen MR) is 78.6 cm³/mol. The van der Waals surface area contributed by atoms with E-state index in [9.17, 15) is 4.79 Å². The second kappa shape index (κ2) is 6.83. The first-order chi connectivity index (χ1) is 9.20. The van der Waals surface area contributed by atoms with Gasteiger partial charge in [0.2, 0.25) is 0 Å². The van der Waals surface area contributed by atoms with Crippen molar-refractivity contribution >= 4 is 5.78 Å². The molecule has 0 saturated carbocycles. The zero-order valence-corrected chi connectivity index (χ0v) is 12.0. The summed E-state index contributed by atoms with van der Waals surface area (Å²) in [6.07, 6.45) is 2.30. The highest BCUT2D eigenvalue weighted by atomic mass is 16.1. The Bertz CT molecular complexity index is 425. The number of aryl methyl sites for hydroxylation is 1. The molecule has 104 valence electrons. The van der Waals surface area contributed by atoms with Crippen molar-refractivity contribution in [2.45, 2.75) is 32.7 Å². The van der Waals surface area contributed by atoms with Crippen molar-refractivity contribution in [3.8, 4) is 0 Å². The van der Waals surface area contributed by atoms with E-state index < -0.39 is 0 Å². The highest BCUT2D eigenvalue weighted by molar-refractivity contribution is 5.97. The second-order valence-corrected chi connectivity index (χ2v) is 5.34. The van der Waals surface area contributed by atoms with Gasteiger partial charge in [-0.25, -0.2) is 0 Å². The lowest BCUT2D eigenvalue weighted by Gasteiger charge is -2.33. The minimum absolute atomic E-state index is 0.240. The number of carbonyl (C=O) groups is 1. The maximum Gasteiger partial charge on any atom is 0.176 e. The Hall–Kier alpha value is -1.19. The fraction of sp³-hybridized carbons (Fsp3) is 0.562. The van der Waals surface area contributed by atoms with E-state index in [0.29, 0.717) is 12.6 Å². The monoisotopic (exact) mass is 260 g/mol. The van der Waals surface area contributed by atoms with Gasteiger partial charge in [-0.15, -0.1) is 0 Å². The molecule has 1 aromatic rings. The summed E-state index contributed by atoms with van der Waals surface area (Å²) < 4.78 is 0. The molecule has 1 aliphatic heterocycles. The molecule has 2 rings (SSSR count). The van der Waals surface area contributed by atoms with Gasteiger partial charge in [-0.2, -0.15) is 0 Å². The molecule has 0 unspecified atom stereocenters. The number of Topliss-reactive ketones (excluding diaryl/α,β-unsaturated/α-hetero) is 1. The molecule has 0 spiro atoms. The third kappa shape index (κ3) is 3.88. The number of likely N-dealkylation sites (N-methyl/N-ethyl adjacent to an activating group) is 1. The van der Waals surface area contributed by atoms with Gasteiger partial charge in [-0.05, 0) is 45.5 Å². The van der Waals surface area contributed by atoms with Crippen LogP contribution in [-0.4, -0.2) is 42.9 Å². The van der Waals surface area contributed by atoms with Gasteiger partial charge in [-0.1, -0.05) is 30.7 Å². The van der Waals surface area contributed by atoms with Crippen LogP contribution in [0.4, 0.5) is 0 Å². The zero-order valence-electron chi connectivity index (χ0n) is 12.0. The van der Waals surface area contributed by atoms with E-state index in [2.05, 4.69) is 17.1 Å². The van der Waals surface area contributed by atoms with Crippen LogP contribution >= 0.6 is 0 Å². The summed E-state index contributed by atoms with van der Waals surface area (Å²) in [7, 11) is 0. The standard InChI is InChI=1S/C16H24N2O/c1-3-18(15-7-9-17-10-8-15)12-16(19)14-6-4-5-13(2)11-14/h4-6,11,15,17H,3,7-10,12H2,1-2H3. The van der Waals surface area contributed by atoms with Crippen molar-refractivity contribution < 1.29 is 4.79 Å². The van der Waals surface area contributed by atoms with Crippen molar-refractivity contribution in [3.63, 3.8) is 0 Å². The van der Waals surface area contributed by atoms with Crippen LogP contribution in [0.3, 0.4) is 0 Å². The smallest absolute Gasteiger partial charge is 0.176 e. The van der Waals surface area contributed by atoms with Gasteiger partial charge in [0.15, 0.2) is 5.78 Å². The van der Waals surface area contributed by atoms with Gasteiger partial charge >= 0.3 is 0 Å². The maximum atomic E-state index is 12.4. The number of hydrogen-bond donors (Lipinski definition) is 1. The first-order valence-electron chi connectivity index (χ1n) is 7.25.